The maximum Gasteiger partial charge on any atom is 0.410 e. The van der Waals surface area contributed by atoms with E-state index in [4.69, 9.17) is 19.5 Å². The van der Waals surface area contributed by atoms with Crippen LogP contribution in [0.25, 0.3) is 0 Å². The Kier molecular flexibility index (Phi) is 5.78. The summed E-state index contributed by atoms with van der Waals surface area (Å²) < 4.78 is 18.1. The summed E-state index contributed by atoms with van der Waals surface area (Å²) in [5, 5.41) is 9.13. The van der Waals surface area contributed by atoms with Gasteiger partial charge in [-0.3, -0.25) is 0 Å². The highest BCUT2D eigenvalue weighted by atomic mass is 16.6. The number of epoxide rings is 2. The molecule has 5 fully saturated rings. The number of nitrogens with zero attached hydrogens (tertiary/aromatic N) is 3. The molecule has 1 spiro atoms. The maximum absolute atomic E-state index is 12.7. The van der Waals surface area contributed by atoms with E-state index < -0.39 is 0 Å². The summed E-state index contributed by atoms with van der Waals surface area (Å²) >= 11 is 0. The van der Waals surface area contributed by atoms with Gasteiger partial charge >= 0.3 is 6.09 Å². The fraction of sp³-hybridized carbons (Fsp3) is 0.846. The van der Waals surface area contributed by atoms with Gasteiger partial charge < -0.3 is 24.0 Å². The highest BCUT2D eigenvalue weighted by Crippen LogP contribution is 2.59. The lowest BCUT2D eigenvalue weighted by atomic mass is 9.70. The van der Waals surface area contributed by atoms with Crippen molar-refractivity contribution in [2.75, 3.05) is 39.3 Å². The van der Waals surface area contributed by atoms with E-state index in [1.807, 2.05) is 11.8 Å². The Morgan fingerprint density at radius 3 is 2.64 bits per heavy atom. The monoisotopic (exact) mass is 457 g/mol. The highest BCUT2D eigenvalue weighted by molar-refractivity contribution is 5.68. The molecule has 1 saturated carbocycles. The molecule has 33 heavy (non-hydrogen) atoms. The summed E-state index contributed by atoms with van der Waals surface area (Å²) in [6.07, 6.45) is 6.96. The molecule has 4 heterocycles. The first-order valence-electron chi connectivity index (χ1n) is 12.7. The lowest BCUT2D eigenvalue weighted by molar-refractivity contribution is -0.0249. The van der Waals surface area contributed by atoms with Crippen molar-refractivity contribution in [1.29, 1.82) is 5.26 Å². The standard InChI is InChI=1S/C26H39N3O4/c1-18(2)5-6-22-25(4,33-22)21-11-20(7-9-26(21)17-31-26)32-23(30)29-12-19(13-29)8-10-28-15-24(3,14-27)16-28/h5,19-22H,6-13,15-17H2,1-4H3/t20?,21?,22-,25-,26?/m1/s1. The number of carbonyl (C=O) groups is 1. The van der Waals surface area contributed by atoms with Crippen LogP contribution in [0.15, 0.2) is 11.6 Å². The molecule has 3 unspecified atom stereocenters. The van der Waals surface area contributed by atoms with Crippen LogP contribution in [0.3, 0.4) is 0 Å². The summed E-state index contributed by atoms with van der Waals surface area (Å²) in [7, 11) is 0. The van der Waals surface area contributed by atoms with Crippen molar-refractivity contribution in [3.63, 3.8) is 0 Å². The Balaban J connectivity index is 1.06. The number of carbonyl (C=O) groups excluding carboxylic acids is 1. The summed E-state index contributed by atoms with van der Waals surface area (Å²) in [6.45, 7) is 13.6. The molecule has 5 rings (SSSR count). The minimum absolute atomic E-state index is 0.0498. The van der Waals surface area contributed by atoms with Crippen LogP contribution in [0.5, 0.6) is 0 Å². The zero-order valence-electron chi connectivity index (χ0n) is 20.6. The van der Waals surface area contributed by atoms with Crippen LogP contribution in [0.4, 0.5) is 4.79 Å². The molecule has 5 atom stereocenters. The number of hydrogen-bond donors (Lipinski definition) is 0. The van der Waals surface area contributed by atoms with Gasteiger partial charge in [-0.2, -0.15) is 5.26 Å². The van der Waals surface area contributed by atoms with Crippen LogP contribution in [0.2, 0.25) is 0 Å². The SMILES string of the molecule is CC(C)=CC[C@H]1O[C@]1(C)C1CC(OC(=O)N2CC(CCN3CC(C)(C#N)C3)C2)CCC12CO2. The summed E-state index contributed by atoms with van der Waals surface area (Å²) in [5.74, 6) is 0.829. The normalized spacial score (nSPS) is 39.2. The predicted molar refractivity (Wildman–Crippen MR) is 123 cm³/mol. The summed E-state index contributed by atoms with van der Waals surface area (Å²) in [5.41, 5.74) is 0.927. The fourth-order valence-electron chi connectivity index (χ4n) is 6.33. The smallest absolute Gasteiger partial charge is 0.410 e. The van der Waals surface area contributed by atoms with Crippen LogP contribution < -0.4 is 0 Å². The number of allylic oxidation sites excluding steroid dienone is 1. The van der Waals surface area contributed by atoms with E-state index in [1.165, 1.54) is 5.57 Å². The first-order valence-corrected chi connectivity index (χ1v) is 12.7. The molecule has 0 N–H and O–H groups in total. The molecule has 0 radical (unpaired) electrons. The quantitative estimate of drug-likeness (QED) is 0.428. The predicted octanol–water partition coefficient (Wildman–Crippen LogP) is 3.74. The second-order valence-electron chi connectivity index (χ2n) is 11.9. The van der Waals surface area contributed by atoms with Gasteiger partial charge in [0.2, 0.25) is 0 Å². The third kappa shape index (κ3) is 4.54. The Morgan fingerprint density at radius 1 is 1.27 bits per heavy atom. The first kappa shape index (κ1) is 23.1. The number of ether oxygens (including phenoxy) is 3. The Morgan fingerprint density at radius 2 is 2.00 bits per heavy atom. The number of amides is 1. The van der Waals surface area contributed by atoms with Crippen molar-refractivity contribution >= 4 is 6.09 Å². The third-order valence-electron chi connectivity index (χ3n) is 8.70. The van der Waals surface area contributed by atoms with Crippen LogP contribution in [0, 0.1) is 28.6 Å². The second kappa shape index (κ2) is 8.25. The fourth-order valence-corrected chi connectivity index (χ4v) is 6.33. The second-order valence-corrected chi connectivity index (χ2v) is 11.9. The highest BCUT2D eigenvalue weighted by Gasteiger charge is 2.68. The Hall–Kier alpha value is -1.62. The van der Waals surface area contributed by atoms with E-state index in [9.17, 15) is 4.79 Å². The number of likely N-dealkylation sites (tertiary alicyclic amines) is 2. The molecule has 0 bridgehead atoms. The van der Waals surface area contributed by atoms with Crippen molar-refractivity contribution in [2.45, 2.75) is 83.2 Å². The lowest BCUT2D eigenvalue weighted by Gasteiger charge is -2.45. The van der Waals surface area contributed by atoms with Crippen LogP contribution in [-0.4, -0.2) is 78.6 Å². The van der Waals surface area contributed by atoms with Gasteiger partial charge in [-0.1, -0.05) is 11.6 Å². The molecule has 1 aliphatic carbocycles. The first-order chi connectivity index (χ1) is 15.6. The zero-order chi connectivity index (χ0) is 23.4. The third-order valence-corrected chi connectivity index (χ3v) is 8.70. The molecule has 7 nitrogen and oxygen atoms in total. The van der Waals surface area contributed by atoms with Crippen molar-refractivity contribution in [1.82, 2.24) is 9.80 Å². The van der Waals surface area contributed by atoms with E-state index in [2.05, 4.69) is 37.8 Å². The molecule has 0 aromatic rings. The molecule has 1 amide bonds. The summed E-state index contributed by atoms with van der Waals surface area (Å²) in [6, 6.07) is 2.39. The Bertz CT molecular complexity index is 846. The summed E-state index contributed by atoms with van der Waals surface area (Å²) in [4.78, 5) is 16.9. The topological polar surface area (TPSA) is 81.6 Å². The van der Waals surface area contributed by atoms with Gasteiger partial charge in [0.05, 0.1) is 35.4 Å². The molecular formula is C26H39N3O4. The van der Waals surface area contributed by atoms with Crippen molar-refractivity contribution < 1.29 is 19.0 Å². The largest absolute Gasteiger partial charge is 0.446 e. The number of hydrogen-bond acceptors (Lipinski definition) is 6. The van der Waals surface area contributed by atoms with Gasteiger partial charge in [0.15, 0.2) is 0 Å². The molecule has 0 aromatic heterocycles. The Labute approximate surface area is 198 Å². The van der Waals surface area contributed by atoms with Gasteiger partial charge in [-0.15, -0.1) is 0 Å². The van der Waals surface area contributed by atoms with Crippen LogP contribution in [0.1, 0.15) is 59.8 Å². The van der Waals surface area contributed by atoms with Crippen LogP contribution >= 0.6 is 0 Å². The molecule has 5 aliphatic rings. The van der Waals surface area contributed by atoms with E-state index in [0.717, 1.165) is 71.4 Å². The molecule has 7 heteroatoms. The zero-order valence-corrected chi connectivity index (χ0v) is 20.6. The van der Waals surface area contributed by atoms with Crippen molar-refractivity contribution in [3.8, 4) is 6.07 Å². The molecular weight excluding hydrogens is 418 g/mol. The van der Waals surface area contributed by atoms with E-state index >= 15 is 0 Å². The van der Waals surface area contributed by atoms with Gasteiger partial charge in [0, 0.05) is 32.1 Å². The van der Waals surface area contributed by atoms with E-state index in [1.54, 1.807) is 0 Å². The molecule has 4 saturated heterocycles. The van der Waals surface area contributed by atoms with Gasteiger partial charge in [0.25, 0.3) is 0 Å². The lowest BCUT2D eigenvalue weighted by Crippen LogP contribution is -2.56. The average molecular weight is 458 g/mol. The molecule has 4 aliphatic heterocycles. The van der Waals surface area contributed by atoms with E-state index in [0.29, 0.717) is 5.92 Å². The van der Waals surface area contributed by atoms with E-state index in [-0.39, 0.29) is 40.8 Å². The van der Waals surface area contributed by atoms with Gasteiger partial charge in [0.1, 0.15) is 6.10 Å². The average Bonchev–Trinajstić information content (AvgIpc) is 3.62. The number of rotatable bonds is 7. The van der Waals surface area contributed by atoms with Gasteiger partial charge in [-0.25, -0.2) is 4.79 Å². The number of nitriles is 1. The minimum atomic E-state index is -0.173. The molecule has 0 aromatic carbocycles. The van der Waals surface area contributed by atoms with Crippen molar-refractivity contribution in [3.05, 3.63) is 11.6 Å². The van der Waals surface area contributed by atoms with Crippen molar-refractivity contribution in [2.24, 2.45) is 17.3 Å². The maximum atomic E-state index is 12.7. The minimum Gasteiger partial charge on any atom is -0.446 e. The van der Waals surface area contributed by atoms with Gasteiger partial charge in [-0.05, 0) is 72.3 Å². The van der Waals surface area contributed by atoms with Crippen LogP contribution in [-0.2, 0) is 14.2 Å². The molecule has 182 valence electrons.